The largest absolute Gasteiger partial charge is 0.308 e. The highest BCUT2D eigenvalue weighted by molar-refractivity contribution is 5.61. The van der Waals surface area contributed by atoms with Crippen molar-refractivity contribution in [3.63, 3.8) is 0 Å². The first-order chi connectivity index (χ1) is 8.85. The molecular weight excluding hydrogens is 243 g/mol. The minimum atomic E-state index is -0.349. The molecule has 0 saturated carbocycles. The van der Waals surface area contributed by atoms with Crippen LogP contribution in [0.2, 0.25) is 0 Å². The third-order valence-electron chi connectivity index (χ3n) is 2.69. The van der Waals surface area contributed by atoms with Crippen LogP contribution in [-0.2, 0) is 13.6 Å². The maximum Gasteiger partial charge on any atom is 0.142 e. The molecule has 0 atom stereocenters. The van der Waals surface area contributed by atoms with Crippen LogP contribution in [-0.4, -0.2) is 20.3 Å². The summed E-state index contributed by atoms with van der Waals surface area (Å²) in [5, 5.41) is 7.80. The van der Waals surface area contributed by atoms with Crippen molar-refractivity contribution in [3.05, 3.63) is 36.0 Å². The number of hydrogen-bond acceptors (Lipinski definition) is 3. The van der Waals surface area contributed by atoms with E-state index >= 15 is 0 Å². The summed E-state index contributed by atoms with van der Waals surface area (Å²) < 4.78 is 15.0. The van der Waals surface area contributed by atoms with Crippen LogP contribution in [0.5, 0.6) is 0 Å². The molecule has 0 bridgehead atoms. The number of pyridine rings is 1. The molecule has 0 saturated heterocycles. The van der Waals surface area contributed by atoms with Gasteiger partial charge >= 0.3 is 0 Å². The zero-order valence-electron chi connectivity index (χ0n) is 11.7. The number of nitrogens with zero attached hydrogens (tertiary/aromatic N) is 3. The van der Waals surface area contributed by atoms with Gasteiger partial charge in [-0.3, -0.25) is 9.67 Å². The summed E-state index contributed by atoms with van der Waals surface area (Å²) in [6.45, 7) is 7.00. The Morgan fingerprint density at radius 1 is 1.32 bits per heavy atom. The number of aromatic nitrogens is 3. The summed E-state index contributed by atoms with van der Waals surface area (Å²) in [6.07, 6.45) is 4.77. The van der Waals surface area contributed by atoms with Gasteiger partial charge in [-0.2, -0.15) is 5.10 Å². The number of aryl methyl sites for hydroxylation is 1. The summed E-state index contributed by atoms with van der Waals surface area (Å²) in [7, 11) is 1.86. The Kier molecular flexibility index (Phi) is 3.66. The predicted octanol–water partition coefficient (Wildman–Crippen LogP) is 2.51. The monoisotopic (exact) mass is 262 g/mol. The van der Waals surface area contributed by atoms with Crippen molar-refractivity contribution < 1.29 is 4.39 Å². The van der Waals surface area contributed by atoms with Crippen LogP contribution in [0, 0.1) is 5.82 Å². The van der Waals surface area contributed by atoms with Gasteiger partial charge < -0.3 is 5.32 Å². The van der Waals surface area contributed by atoms with Crippen molar-refractivity contribution >= 4 is 0 Å². The zero-order chi connectivity index (χ0) is 14.0. The van der Waals surface area contributed by atoms with Gasteiger partial charge in [-0.1, -0.05) is 0 Å². The molecular formula is C14H19FN4. The molecule has 2 rings (SSSR count). The summed E-state index contributed by atoms with van der Waals surface area (Å²) in [5.74, 6) is -0.349. The molecule has 0 aliphatic carbocycles. The minimum Gasteiger partial charge on any atom is -0.308 e. The quantitative estimate of drug-likeness (QED) is 0.924. The molecule has 102 valence electrons. The van der Waals surface area contributed by atoms with E-state index in [0.717, 1.165) is 11.3 Å². The van der Waals surface area contributed by atoms with Crippen molar-refractivity contribution in [2.45, 2.75) is 32.9 Å². The van der Waals surface area contributed by atoms with Crippen LogP contribution in [0.4, 0.5) is 4.39 Å². The minimum absolute atomic E-state index is 0.0211. The van der Waals surface area contributed by atoms with E-state index in [0.29, 0.717) is 12.1 Å². The van der Waals surface area contributed by atoms with Crippen molar-refractivity contribution in [1.29, 1.82) is 0 Å². The van der Waals surface area contributed by atoms with E-state index in [4.69, 9.17) is 0 Å². The number of hydrogen-bond donors (Lipinski definition) is 1. The SMILES string of the molecule is Cn1cc(CNC(C)(C)C)c(-c2cncc(F)c2)n1. The van der Waals surface area contributed by atoms with Gasteiger partial charge in [0.2, 0.25) is 0 Å². The highest BCUT2D eigenvalue weighted by Gasteiger charge is 2.14. The molecule has 2 aromatic heterocycles. The van der Waals surface area contributed by atoms with E-state index in [1.54, 1.807) is 10.9 Å². The first-order valence-electron chi connectivity index (χ1n) is 6.23. The maximum absolute atomic E-state index is 13.3. The Morgan fingerprint density at radius 2 is 2.05 bits per heavy atom. The molecule has 0 aliphatic heterocycles. The standard InChI is InChI=1S/C14H19FN4/c1-14(2,3)17-7-11-9-19(4)18-13(11)10-5-12(15)8-16-6-10/h5-6,8-9,17H,7H2,1-4H3. The van der Waals surface area contributed by atoms with E-state index in [-0.39, 0.29) is 11.4 Å². The molecule has 1 N–H and O–H groups in total. The van der Waals surface area contributed by atoms with E-state index < -0.39 is 0 Å². The Balaban J connectivity index is 2.31. The van der Waals surface area contributed by atoms with Crippen molar-refractivity contribution in [2.24, 2.45) is 7.05 Å². The molecule has 2 aromatic rings. The molecule has 5 heteroatoms. The summed E-state index contributed by atoms with van der Waals surface area (Å²) in [4.78, 5) is 3.88. The molecule has 19 heavy (non-hydrogen) atoms. The molecule has 4 nitrogen and oxygen atoms in total. The van der Waals surface area contributed by atoms with Crippen LogP contribution in [0.1, 0.15) is 26.3 Å². The van der Waals surface area contributed by atoms with Crippen molar-refractivity contribution in [3.8, 4) is 11.3 Å². The van der Waals surface area contributed by atoms with E-state index in [9.17, 15) is 4.39 Å². The lowest BCUT2D eigenvalue weighted by atomic mass is 10.1. The fourth-order valence-corrected chi connectivity index (χ4v) is 1.81. The van der Waals surface area contributed by atoms with Crippen LogP contribution in [0.15, 0.2) is 24.7 Å². The Morgan fingerprint density at radius 3 is 2.68 bits per heavy atom. The fourth-order valence-electron chi connectivity index (χ4n) is 1.81. The highest BCUT2D eigenvalue weighted by atomic mass is 19.1. The second kappa shape index (κ2) is 5.09. The maximum atomic E-state index is 13.3. The fraction of sp³-hybridized carbons (Fsp3) is 0.429. The summed E-state index contributed by atoms with van der Waals surface area (Å²) in [6, 6.07) is 1.45. The number of halogens is 1. The molecule has 0 aromatic carbocycles. The first kappa shape index (κ1) is 13.7. The smallest absolute Gasteiger partial charge is 0.142 e. The van der Waals surface area contributed by atoms with Crippen molar-refractivity contribution in [1.82, 2.24) is 20.1 Å². The average molecular weight is 262 g/mol. The second-order valence-corrected chi connectivity index (χ2v) is 5.67. The van der Waals surface area contributed by atoms with E-state index in [1.807, 2.05) is 13.2 Å². The zero-order valence-corrected chi connectivity index (χ0v) is 11.7. The number of rotatable bonds is 3. The third kappa shape index (κ3) is 3.61. The van der Waals surface area contributed by atoms with Crippen molar-refractivity contribution in [2.75, 3.05) is 0 Å². The Labute approximate surface area is 112 Å². The molecule has 0 radical (unpaired) electrons. The van der Waals surface area contributed by atoms with Gasteiger partial charge in [0.05, 0.1) is 11.9 Å². The topological polar surface area (TPSA) is 42.7 Å². The lowest BCUT2D eigenvalue weighted by Gasteiger charge is -2.20. The van der Waals surface area contributed by atoms with Crippen LogP contribution >= 0.6 is 0 Å². The summed E-state index contributed by atoms with van der Waals surface area (Å²) in [5.41, 5.74) is 2.52. The highest BCUT2D eigenvalue weighted by Crippen LogP contribution is 2.22. The van der Waals surface area contributed by atoms with E-state index in [2.05, 4.69) is 36.2 Å². The molecule has 0 fully saturated rings. The van der Waals surface area contributed by atoms with Gasteiger partial charge in [0.15, 0.2) is 0 Å². The molecule has 0 unspecified atom stereocenters. The Hall–Kier alpha value is -1.75. The van der Waals surface area contributed by atoms with Gasteiger partial charge in [-0.15, -0.1) is 0 Å². The lowest BCUT2D eigenvalue weighted by Crippen LogP contribution is -2.35. The predicted molar refractivity (Wildman–Crippen MR) is 73.0 cm³/mol. The normalized spacial score (nSPS) is 11.8. The average Bonchev–Trinajstić information content (AvgIpc) is 2.67. The Bertz CT molecular complexity index is 569. The molecule has 2 heterocycles. The molecule has 0 amide bonds. The first-order valence-corrected chi connectivity index (χ1v) is 6.23. The third-order valence-corrected chi connectivity index (χ3v) is 2.69. The molecule has 0 aliphatic rings. The number of nitrogens with one attached hydrogen (secondary N) is 1. The molecule has 0 spiro atoms. The van der Waals surface area contributed by atoms with E-state index in [1.165, 1.54) is 12.3 Å². The van der Waals surface area contributed by atoms with Crippen LogP contribution < -0.4 is 5.32 Å². The lowest BCUT2D eigenvalue weighted by molar-refractivity contribution is 0.424. The van der Waals surface area contributed by atoms with Gasteiger partial charge in [0.1, 0.15) is 5.82 Å². The second-order valence-electron chi connectivity index (χ2n) is 5.67. The summed E-state index contributed by atoms with van der Waals surface area (Å²) >= 11 is 0. The van der Waals surface area contributed by atoms with Gasteiger partial charge in [0, 0.05) is 42.7 Å². The van der Waals surface area contributed by atoms with Gasteiger partial charge in [-0.05, 0) is 26.8 Å². The van der Waals surface area contributed by atoms with Crippen LogP contribution in [0.3, 0.4) is 0 Å². The van der Waals surface area contributed by atoms with Gasteiger partial charge in [-0.25, -0.2) is 4.39 Å². The van der Waals surface area contributed by atoms with Crippen LogP contribution in [0.25, 0.3) is 11.3 Å². The van der Waals surface area contributed by atoms with Gasteiger partial charge in [0.25, 0.3) is 0 Å².